The highest BCUT2D eigenvalue weighted by atomic mass is 35.5. The van der Waals surface area contributed by atoms with Crippen molar-refractivity contribution in [3.63, 3.8) is 0 Å². The van der Waals surface area contributed by atoms with Gasteiger partial charge in [0.15, 0.2) is 0 Å². The van der Waals surface area contributed by atoms with Crippen molar-refractivity contribution in [3.05, 3.63) is 89.3 Å². The van der Waals surface area contributed by atoms with Crippen molar-refractivity contribution in [1.29, 1.82) is 0 Å². The number of halogens is 1. The highest BCUT2D eigenvalue weighted by molar-refractivity contribution is 6.30. The van der Waals surface area contributed by atoms with Gasteiger partial charge in [-0.05, 0) is 112 Å². The van der Waals surface area contributed by atoms with Crippen LogP contribution < -0.4 is 9.47 Å². The van der Waals surface area contributed by atoms with E-state index in [1.807, 2.05) is 36.4 Å². The largest absolute Gasteiger partial charge is 0.494 e. The average Bonchev–Trinajstić information content (AvgIpc) is 3.39. The molecule has 3 aromatic carbocycles. The van der Waals surface area contributed by atoms with Gasteiger partial charge in [-0.2, -0.15) is 0 Å². The molecule has 42 heavy (non-hydrogen) atoms. The minimum atomic E-state index is 0.695. The van der Waals surface area contributed by atoms with Crippen LogP contribution >= 0.6 is 11.6 Å². The lowest BCUT2D eigenvalue weighted by Gasteiger charge is -2.17. The first-order valence-corrected chi connectivity index (χ1v) is 16.0. The third-order valence-corrected chi connectivity index (χ3v) is 7.87. The molecular weight excluding hydrogens is 542 g/mol. The zero-order valence-electron chi connectivity index (χ0n) is 25.7. The molecule has 1 heterocycles. The van der Waals surface area contributed by atoms with Crippen molar-refractivity contribution < 1.29 is 9.47 Å². The third kappa shape index (κ3) is 8.62. The normalized spacial score (nSPS) is 11.3. The molecule has 0 aliphatic rings. The third-order valence-electron chi connectivity index (χ3n) is 7.62. The van der Waals surface area contributed by atoms with E-state index in [9.17, 15) is 0 Å². The predicted octanol–water partition coefficient (Wildman–Crippen LogP) is 9.78. The van der Waals surface area contributed by atoms with Crippen LogP contribution in [0.1, 0.15) is 71.3 Å². The molecule has 0 unspecified atom stereocenters. The first kappa shape index (κ1) is 31.7. The minimum absolute atomic E-state index is 0.695. The molecule has 4 rings (SSSR count). The van der Waals surface area contributed by atoms with Gasteiger partial charge < -0.3 is 18.9 Å². The lowest BCUT2D eigenvalue weighted by molar-refractivity contribution is 0.249. The van der Waals surface area contributed by atoms with Gasteiger partial charge in [-0.15, -0.1) is 0 Å². The smallest absolute Gasteiger partial charge is 0.127 e. The summed E-state index contributed by atoms with van der Waals surface area (Å²) in [5.74, 6) is 3.58. The summed E-state index contributed by atoms with van der Waals surface area (Å²) >= 11 is 6.03. The zero-order chi connectivity index (χ0) is 29.7. The van der Waals surface area contributed by atoms with Crippen LogP contribution in [0.2, 0.25) is 5.02 Å². The number of rotatable bonds is 17. The van der Waals surface area contributed by atoms with Crippen LogP contribution in [0.4, 0.5) is 0 Å². The molecule has 0 radical (unpaired) electrons. The van der Waals surface area contributed by atoms with E-state index in [-0.39, 0.29) is 0 Å². The van der Waals surface area contributed by atoms with Gasteiger partial charge in [0.2, 0.25) is 0 Å². The van der Waals surface area contributed by atoms with E-state index in [0.29, 0.717) is 5.02 Å². The number of unbranched alkanes of at least 4 members (excludes halogenated alkanes) is 2. The van der Waals surface area contributed by atoms with Crippen molar-refractivity contribution in [2.75, 3.05) is 26.2 Å². The first-order valence-electron chi connectivity index (χ1n) is 15.7. The molecule has 0 saturated heterocycles. The van der Waals surface area contributed by atoms with Crippen molar-refractivity contribution in [3.8, 4) is 34.2 Å². The molecule has 0 amide bonds. The second-order valence-corrected chi connectivity index (χ2v) is 11.1. The van der Waals surface area contributed by atoms with Gasteiger partial charge in [-0.3, -0.25) is 0 Å². The molecule has 0 spiro atoms. The fourth-order valence-corrected chi connectivity index (χ4v) is 5.27. The molecular formula is C36H46ClN3O2. The van der Waals surface area contributed by atoms with Gasteiger partial charge in [0.05, 0.1) is 18.0 Å². The highest BCUT2D eigenvalue weighted by Crippen LogP contribution is 2.32. The van der Waals surface area contributed by atoms with Crippen LogP contribution in [-0.2, 0) is 12.8 Å². The molecule has 0 N–H and O–H groups in total. The maximum atomic E-state index is 6.07. The summed E-state index contributed by atoms with van der Waals surface area (Å²) in [5.41, 5.74) is 4.59. The van der Waals surface area contributed by atoms with Crippen LogP contribution in [0.25, 0.3) is 16.9 Å². The van der Waals surface area contributed by atoms with Gasteiger partial charge >= 0.3 is 0 Å². The summed E-state index contributed by atoms with van der Waals surface area (Å²) in [6, 6.07) is 24.3. The SMILES string of the molecule is CCCCc1nc(-c2ccc(OCCCN(CC)CC)cc2)c(CCCC)n1-c1ccc(Oc2ccc(Cl)cc2)cc1. The van der Waals surface area contributed by atoms with Crippen molar-refractivity contribution in [2.45, 2.75) is 72.6 Å². The molecule has 6 heteroatoms. The van der Waals surface area contributed by atoms with Crippen molar-refractivity contribution in [2.24, 2.45) is 0 Å². The fourth-order valence-electron chi connectivity index (χ4n) is 5.15. The Labute approximate surface area is 257 Å². The molecule has 0 aliphatic carbocycles. The van der Waals surface area contributed by atoms with Gasteiger partial charge in [0.1, 0.15) is 23.1 Å². The summed E-state index contributed by atoms with van der Waals surface area (Å²) in [5, 5.41) is 0.695. The van der Waals surface area contributed by atoms with Crippen LogP contribution in [0.3, 0.4) is 0 Å². The number of hydrogen-bond acceptors (Lipinski definition) is 4. The highest BCUT2D eigenvalue weighted by Gasteiger charge is 2.19. The van der Waals surface area contributed by atoms with E-state index in [1.165, 1.54) is 5.69 Å². The molecule has 224 valence electrons. The Morgan fingerprint density at radius 2 is 1.31 bits per heavy atom. The number of aryl methyl sites for hydroxylation is 1. The predicted molar refractivity (Wildman–Crippen MR) is 176 cm³/mol. The first-order chi connectivity index (χ1) is 20.6. The molecule has 0 aliphatic heterocycles. The van der Waals surface area contributed by atoms with Crippen molar-refractivity contribution >= 4 is 11.6 Å². The number of ether oxygens (including phenoxy) is 2. The summed E-state index contributed by atoms with van der Waals surface area (Å²) < 4.78 is 14.5. The fraction of sp³-hybridized carbons (Fsp3) is 0.417. The number of aromatic nitrogens is 2. The van der Waals surface area contributed by atoms with Gasteiger partial charge in [-0.25, -0.2) is 4.98 Å². The quantitative estimate of drug-likeness (QED) is 0.115. The van der Waals surface area contributed by atoms with E-state index in [0.717, 1.165) is 111 Å². The summed E-state index contributed by atoms with van der Waals surface area (Å²) in [7, 11) is 0. The number of benzene rings is 3. The van der Waals surface area contributed by atoms with Gasteiger partial charge in [-0.1, -0.05) is 52.1 Å². The Kier molecular flexibility index (Phi) is 12.3. The molecule has 1 aromatic heterocycles. The second kappa shape index (κ2) is 16.4. The van der Waals surface area contributed by atoms with E-state index < -0.39 is 0 Å². The Bertz CT molecular complexity index is 1340. The summed E-state index contributed by atoms with van der Waals surface area (Å²) in [4.78, 5) is 7.69. The minimum Gasteiger partial charge on any atom is -0.494 e. The standard InChI is InChI=1S/C36H46ClN3O2/c1-5-9-12-34-36(28-14-20-31(21-15-28)41-27-11-26-39(7-3)8-4)38-35(13-10-6-2)40(34)30-18-24-33(25-19-30)42-32-22-16-29(37)17-23-32/h14-25H,5-13,26-27H2,1-4H3. The number of imidazole rings is 1. The van der Waals surface area contributed by atoms with Crippen LogP contribution in [-0.4, -0.2) is 40.7 Å². The Hall–Kier alpha value is -3.28. The molecule has 0 bridgehead atoms. The molecule has 5 nitrogen and oxygen atoms in total. The maximum Gasteiger partial charge on any atom is 0.127 e. The summed E-state index contributed by atoms with van der Waals surface area (Å²) in [6.45, 7) is 12.9. The van der Waals surface area contributed by atoms with Crippen LogP contribution in [0.5, 0.6) is 17.2 Å². The molecule has 0 saturated carbocycles. The topological polar surface area (TPSA) is 39.5 Å². The summed E-state index contributed by atoms with van der Waals surface area (Å²) in [6.07, 6.45) is 7.39. The van der Waals surface area contributed by atoms with E-state index in [4.69, 9.17) is 26.1 Å². The number of nitrogens with zero attached hydrogens (tertiary/aromatic N) is 3. The monoisotopic (exact) mass is 587 g/mol. The van der Waals surface area contributed by atoms with Crippen LogP contribution in [0, 0.1) is 0 Å². The Morgan fingerprint density at radius 3 is 1.93 bits per heavy atom. The maximum absolute atomic E-state index is 6.07. The Balaban J connectivity index is 1.58. The number of hydrogen-bond donors (Lipinski definition) is 0. The van der Waals surface area contributed by atoms with Gasteiger partial charge in [0.25, 0.3) is 0 Å². The molecule has 0 atom stereocenters. The Morgan fingerprint density at radius 1 is 0.714 bits per heavy atom. The lowest BCUT2D eigenvalue weighted by atomic mass is 10.1. The molecule has 0 fully saturated rings. The molecule has 4 aromatic rings. The lowest BCUT2D eigenvalue weighted by Crippen LogP contribution is -2.25. The van der Waals surface area contributed by atoms with E-state index in [2.05, 4.69) is 73.6 Å². The zero-order valence-corrected chi connectivity index (χ0v) is 26.5. The van der Waals surface area contributed by atoms with E-state index >= 15 is 0 Å². The average molecular weight is 588 g/mol. The van der Waals surface area contributed by atoms with Crippen LogP contribution in [0.15, 0.2) is 72.8 Å². The van der Waals surface area contributed by atoms with Crippen molar-refractivity contribution in [1.82, 2.24) is 14.5 Å². The van der Waals surface area contributed by atoms with Gasteiger partial charge in [0, 0.05) is 29.2 Å². The second-order valence-electron chi connectivity index (χ2n) is 10.7. The van der Waals surface area contributed by atoms with E-state index in [1.54, 1.807) is 0 Å².